The average molecular weight is 600 g/mol. The van der Waals surface area contributed by atoms with Gasteiger partial charge in [-0.3, -0.25) is 14.9 Å². The van der Waals surface area contributed by atoms with Gasteiger partial charge in [-0.15, -0.1) is 0 Å². The number of anilines is 1. The molecule has 11 nitrogen and oxygen atoms in total. The van der Waals surface area contributed by atoms with Crippen molar-refractivity contribution >= 4 is 33.5 Å². The number of rotatable bonds is 12. The van der Waals surface area contributed by atoms with Crippen LogP contribution in [0.2, 0.25) is 0 Å². The first kappa shape index (κ1) is 31.3. The summed E-state index contributed by atoms with van der Waals surface area (Å²) in [5.74, 6) is 0.394. The minimum absolute atomic E-state index is 0.0193. The van der Waals surface area contributed by atoms with E-state index in [-0.39, 0.29) is 23.3 Å². The molecular weight excluding hydrogens is 558 g/mol. The summed E-state index contributed by atoms with van der Waals surface area (Å²) in [5.41, 5.74) is 7.93. The lowest BCUT2D eigenvalue weighted by Gasteiger charge is -2.25. The summed E-state index contributed by atoms with van der Waals surface area (Å²) in [6, 6.07) is 8.94. The van der Waals surface area contributed by atoms with Crippen molar-refractivity contribution in [2.75, 3.05) is 19.5 Å². The summed E-state index contributed by atoms with van der Waals surface area (Å²) < 4.78 is 38.7. The molecule has 1 atom stereocenters. The van der Waals surface area contributed by atoms with Gasteiger partial charge in [-0.1, -0.05) is 44.2 Å². The van der Waals surface area contributed by atoms with Gasteiger partial charge in [0.2, 0.25) is 21.8 Å². The molecule has 0 aromatic heterocycles. The number of nitrogens with two attached hydrogens (primary N) is 1. The Morgan fingerprint density at radius 3 is 2.38 bits per heavy atom. The Bertz CT molecular complexity index is 1420. The van der Waals surface area contributed by atoms with Crippen LogP contribution in [0.3, 0.4) is 0 Å². The number of benzene rings is 2. The van der Waals surface area contributed by atoms with Gasteiger partial charge in [0.15, 0.2) is 17.5 Å². The molecule has 2 aliphatic carbocycles. The lowest BCUT2D eigenvalue weighted by molar-refractivity contribution is -0.119. The molecule has 0 unspecified atom stereocenters. The third-order valence-corrected chi connectivity index (χ3v) is 9.15. The summed E-state index contributed by atoms with van der Waals surface area (Å²) in [5, 5.41) is 5.47. The summed E-state index contributed by atoms with van der Waals surface area (Å²) in [6.07, 6.45) is 7.46. The fourth-order valence-corrected chi connectivity index (χ4v) is 6.46. The Hall–Kier alpha value is -3.64. The van der Waals surface area contributed by atoms with Crippen LogP contribution < -0.4 is 30.6 Å². The van der Waals surface area contributed by atoms with E-state index in [0.717, 1.165) is 38.5 Å². The number of amides is 2. The minimum Gasteiger partial charge on any atom is -0.493 e. The van der Waals surface area contributed by atoms with Gasteiger partial charge in [-0.25, -0.2) is 18.1 Å². The molecule has 0 spiro atoms. The molecular formula is C30H41N5O6S. The Morgan fingerprint density at radius 2 is 1.71 bits per heavy atom. The molecule has 2 aromatic rings. The molecule has 0 bridgehead atoms. The van der Waals surface area contributed by atoms with Crippen molar-refractivity contribution in [2.24, 2.45) is 16.6 Å². The van der Waals surface area contributed by atoms with Crippen LogP contribution in [0.25, 0.3) is 0 Å². The average Bonchev–Trinajstić information content (AvgIpc) is 3.77. The highest BCUT2D eigenvalue weighted by atomic mass is 32.2. The van der Waals surface area contributed by atoms with Gasteiger partial charge in [0.1, 0.15) is 6.04 Å². The van der Waals surface area contributed by atoms with E-state index in [4.69, 9.17) is 15.2 Å². The number of hydrogen-bond acceptors (Lipinski definition) is 7. The van der Waals surface area contributed by atoms with Gasteiger partial charge in [0.25, 0.3) is 0 Å². The van der Waals surface area contributed by atoms with Crippen molar-refractivity contribution in [1.29, 1.82) is 0 Å². The van der Waals surface area contributed by atoms with Gasteiger partial charge < -0.3 is 20.5 Å². The second kappa shape index (κ2) is 14.0. The molecule has 2 aliphatic rings. The fourth-order valence-electron chi connectivity index (χ4n) is 5.13. The third-order valence-electron chi connectivity index (χ3n) is 7.64. The Kier molecular flexibility index (Phi) is 10.4. The number of aryl methyl sites for hydroxylation is 1. The lowest BCUT2D eigenvalue weighted by atomic mass is 9.84. The number of guanidine groups is 1. The number of nitrogens with one attached hydrogen (secondary N) is 3. The molecule has 0 heterocycles. The Balaban J connectivity index is 1.48. The number of sulfonamides is 1. The minimum atomic E-state index is -3.69. The molecule has 0 aliphatic heterocycles. The lowest BCUT2D eigenvalue weighted by Crippen LogP contribution is -2.40. The van der Waals surface area contributed by atoms with Crippen LogP contribution in [0.1, 0.15) is 62.5 Å². The molecule has 228 valence electrons. The fraction of sp³-hybridized carbons (Fsp3) is 0.500. The smallest absolute Gasteiger partial charge is 0.249 e. The first-order valence-electron chi connectivity index (χ1n) is 14.4. The number of carbonyl (C=O) groups excluding carboxylic acids is 2. The highest BCUT2D eigenvalue weighted by molar-refractivity contribution is 7.89. The second-order valence-corrected chi connectivity index (χ2v) is 12.8. The van der Waals surface area contributed by atoms with Gasteiger partial charge in [0.05, 0.1) is 25.5 Å². The van der Waals surface area contributed by atoms with E-state index in [1.807, 2.05) is 0 Å². The van der Waals surface area contributed by atoms with Crippen LogP contribution in [0, 0.1) is 12.8 Å². The Labute approximate surface area is 247 Å². The molecule has 2 aromatic carbocycles. The van der Waals surface area contributed by atoms with E-state index in [1.54, 1.807) is 31.2 Å². The number of ether oxygens (including phenoxy) is 2. The largest absolute Gasteiger partial charge is 0.493 e. The molecule has 12 heteroatoms. The number of methoxy groups -OCH3 is 2. The highest BCUT2D eigenvalue weighted by Gasteiger charge is 2.29. The predicted molar refractivity (Wildman–Crippen MR) is 161 cm³/mol. The first-order chi connectivity index (χ1) is 20.1. The predicted octanol–water partition coefficient (Wildman–Crippen LogP) is 3.40. The molecule has 2 amide bonds. The molecule has 0 saturated heterocycles. The summed E-state index contributed by atoms with van der Waals surface area (Å²) in [6.45, 7) is 1.79. The third kappa shape index (κ3) is 8.68. The SMILES string of the molecule is COc1ccc(CC(=O)NC(N)=N[C@H](CC2CCCCC2)C(=O)Nc2cc(S(=O)(=O)NC3CC3)ccc2C)cc1OC. The molecule has 5 N–H and O–H groups in total. The zero-order chi connectivity index (χ0) is 30.3. The molecule has 42 heavy (non-hydrogen) atoms. The molecule has 0 radical (unpaired) electrons. The summed E-state index contributed by atoms with van der Waals surface area (Å²) >= 11 is 0. The number of aliphatic imine (C=N–C) groups is 1. The number of hydrogen-bond donors (Lipinski definition) is 4. The normalized spacial score (nSPS) is 16.9. The molecule has 2 fully saturated rings. The van der Waals surface area contributed by atoms with Gasteiger partial charge >= 0.3 is 0 Å². The zero-order valence-electron chi connectivity index (χ0n) is 24.4. The van der Waals surface area contributed by atoms with E-state index < -0.39 is 27.9 Å². The van der Waals surface area contributed by atoms with E-state index >= 15 is 0 Å². The highest BCUT2D eigenvalue weighted by Crippen LogP contribution is 2.30. The van der Waals surface area contributed by atoms with Crippen molar-refractivity contribution < 1.29 is 27.5 Å². The standard InChI is InChI=1S/C30H41N5O6S/c1-19-9-13-23(42(38,39)35-22-11-12-22)18-24(19)32-29(37)25(15-20-7-5-4-6-8-20)33-30(31)34-28(36)17-21-10-14-26(40-2)27(16-21)41-3/h9-10,13-14,16,18,20,22,25,35H,4-8,11-12,15,17H2,1-3H3,(H,32,37)(H3,31,33,34,36)/t25-/m1/s1. The quantitative estimate of drug-likeness (QED) is 0.215. The van der Waals surface area contributed by atoms with E-state index in [0.29, 0.717) is 40.7 Å². The maximum absolute atomic E-state index is 13.6. The van der Waals surface area contributed by atoms with Crippen LogP contribution in [0.4, 0.5) is 5.69 Å². The Morgan fingerprint density at radius 1 is 1.00 bits per heavy atom. The van der Waals surface area contributed by atoms with E-state index in [9.17, 15) is 18.0 Å². The van der Waals surface area contributed by atoms with Crippen LogP contribution in [0.15, 0.2) is 46.3 Å². The van der Waals surface area contributed by atoms with Crippen LogP contribution in [-0.4, -0.2) is 52.5 Å². The molecule has 2 saturated carbocycles. The topological polar surface area (TPSA) is 161 Å². The van der Waals surface area contributed by atoms with Crippen molar-refractivity contribution in [2.45, 2.75) is 81.7 Å². The second-order valence-electron chi connectivity index (χ2n) is 11.0. The van der Waals surface area contributed by atoms with Crippen LogP contribution in [0.5, 0.6) is 11.5 Å². The van der Waals surface area contributed by atoms with Gasteiger partial charge in [0, 0.05) is 11.7 Å². The maximum atomic E-state index is 13.6. The van der Waals surface area contributed by atoms with Gasteiger partial charge in [-0.05, 0) is 67.5 Å². The first-order valence-corrected chi connectivity index (χ1v) is 15.8. The number of carbonyl (C=O) groups is 2. The van der Waals surface area contributed by atoms with Crippen LogP contribution in [-0.2, 0) is 26.0 Å². The maximum Gasteiger partial charge on any atom is 0.249 e. The van der Waals surface area contributed by atoms with Crippen LogP contribution >= 0.6 is 0 Å². The monoisotopic (exact) mass is 599 g/mol. The molecule has 4 rings (SSSR count). The van der Waals surface area contributed by atoms with Crippen molar-refractivity contribution in [3.63, 3.8) is 0 Å². The summed E-state index contributed by atoms with van der Waals surface area (Å²) in [4.78, 5) is 30.8. The van der Waals surface area contributed by atoms with Crippen molar-refractivity contribution in [3.05, 3.63) is 47.5 Å². The zero-order valence-corrected chi connectivity index (χ0v) is 25.3. The van der Waals surface area contributed by atoms with E-state index in [2.05, 4.69) is 20.3 Å². The van der Waals surface area contributed by atoms with E-state index in [1.165, 1.54) is 32.8 Å². The summed E-state index contributed by atoms with van der Waals surface area (Å²) in [7, 11) is -0.638. The van der Waals surface area contributed by atoms with Crippen molar-refractivity contribution in [1.82, 2.24) is 10.0 Å². The number of nitrogens with zero attached hydrogens (tertiary/aromatic N) is 1. The van der Waals surface area contributed by atoms with Crippen molar-refractivity contribution in [3.8, 4) is 11.5 Å². The van der Waals surface area contributed by atoms with Gasteiger partial charge in [-0.2, -0.15) is 0 Å².